The molecule has 2 aliphatic rings. The zero-order chi connectivity index (χ0) is 11.9. The van der Waals surface area contributed by atoms with Gasteiger partial charge in [0.25, 0.3) is 0 Å². The lowest BCUT2D eigenvalue weighted by Gasteiger charge is -2.15. The van der Waals surface area contributed by atoms with Crippen molar-refractivity contribution in [2.24, 2.45) is 11.3 Å². The Morgan fingerprint density at radius 1 is 1.35 bits per heavy atom. The summed E-state index contributed by atoms with van der Waals surface area (Å²) in [7, 11) is 0. The number of nitrogens with one attached hydrogen (secondary N) is 1. The Morgan fingerprint density at radius 2 is 2.12 bits per heavy atom. The Kier molecular flexibility index (Phi) is 3.22. The van der Waals surface area contributed by atoms with Gasteiger partial charge in [0.05, 0.1) is 5.02 Å². The van der Waals surface area contributed by atoms with E-state index in [9.17, 15) is 0 Å². The lowest BCUT2D eigenvalue weighted by atomic mass is 10.0. The average molecular weight is 315 g/mol. The molecule has 1 nitrogen and oxygen atoms in total. The highest BCUT2D eigenvalue weighted by molar-refractivity contribution is 9.10. The van der Waals surface area contributed by atoms with E-state index in [0.29, 0.717) is 5.41 Å². The first-order valence-corrected chi connectivity index (χ1v) is 7.51. The monoisotopic (exact) mass is 313 g/mol. The van der Waals surface area contributed by atoms with Crippen LogP contribution in [0.5, 0.6) is 0 Å². The molecule has 0 spiro atoms. The van der Waals surface area contributed by atoms with Crippen molar-refractivity contribution in [1.82, 2.24) is 5.32 Å². The zero-order valence-corrected chi connectivity index (χ0v) is 12.1. The minimum Gasteiger partial charge on any atom is -0.312 e. The van der Waals surface area contributed by atoms with Crippen LogP contribution in [0.15, 0.2) is 22.7 Å². The first-order valence-electron chi connectivity index (χ1n) is 6.34. The van der Waals surface area contributed by atoms with Crippen molar-refractivity contribution >= 4 is 27.5 Å². The van der Waals surface area contributed by atoms with E-state index >= 15 is 0 Å². The minimum absolute atomic E-state index is 0.680. The van der Waals surface area contributed by atoms with Gasteiger partial charge in [-0.25, -0.2) is 0 Å². The lowest BCUT2D eigenvalue weighted by molar-refractivity contribution is 0.403. The molecule has 0 radical (unpaired) electrons. The van der Waals surface area contributed by atoms with Crippen molar-refractivity contribution in [2.45, 2.75) is 32.2 Å². The van der Waals surface area contributed by atoms with Crippen LogP contribution >= 0.6 is 27.5 Å². The van der Waals surface area contributed by atoms with E-state index in [1.807, 2.05) is 12.1 Å². The van der Waals surface area contributed by atoms with Gasteiger partial charge in [-0.05, 0) is 70.6 Å². The maximum absolute atomic E-state index is 6.08. The predicted molar refractivity (Wildman–Crippen MR) is 75.2 cm³/mol. The summed E-state index contributed by atoms with van der Waals surface area (Å²) < 4.78 is 0.972. The SMILES string of the molecule is Clc1cc(CNCC2(C3CC3)CC2)ccc1Br. The molecule has 92 valence electrons. The molecule has 0 amide bonds. The molecule has 0 bridgehead atoms. The number of rotatable bonds is 5. The smallest absolute Gasteiger partial charge is 0.0551 e. The van der Waals surface area contributed by atoms with Crippen molar-refractivity contribution in [3.63, 3.8) is 0 Å². The van der Waals surface area contributed by atoms with E-state index in [1.54, 1.807) is 0 Å². The van der Waals surface area contributed by atoms with Crippen LogP contribution < -0.4 is 5.32 Å². The third-order valence-electron chi connectivity index (χ3n) is 4.13. The summed E-state index contributed by atoms with van der Waals surface area (Å²) in [5.41, 5.74) is 1.95. The molecule has 0 atom stereocenters. The largest absolute Gasteiger partial charge is 0.312 e. The Hall–Kier alpha value is -0.0500. The topological polar surface area (TPSA) is 12.0 Å². The first-order chi connectivity index (χ1) is 8.20. The van der Waals surface area contributed by atoms with E-state index in [-0.39, 0.29) is 0 Å². The Balaban J connectivity index is 1.52. The highest BCUT2D eigenvalue weighted by Gasteiger charge is 2.53. The fraction of sp³-hybridized carbons (Fsp3) is 0.571. The summed E-state index contributed by atoms with van der Waals surface area (Å²) >= 11 is 9.50. The third-order valence-corrected chi connectivity index (χ3v) is 5.36. The second kappa shape index (κ2) is 4.56. The molecule has 2 aliphatic carbocycles. The quantitative estimate of drug-likeness (QED) is 0.850. The molecule has 0 aliphatic heterocycles. The fourth-order valence-electron chi connectivity index (χ4n) is 2.69. The Labute approximate surface area is 116 Å². The van der Waals surface area contributed by atoms with E-state index in [1.165, 1.54) is 37.8 Å². The van der Waals surface area contributed by atoms with Crippen molar-refractivity contribution in [1.29, 1.82) is 0 Å². The van der Waals surface area contributed by atoms with Crippen LogP contribution in [0.4, 0.5) is 0 Å². The van der Waals surface area contributed by atoms with Gasteiger partial charge in [-0.2, -0.15) is 0 Å². The molecular weight excluding hydrogens is 298 g/mol. The Morgan fingerprint density at radius 3 is 2.71 bits per heavy atom. The molecule has 0 unspecified atom stereocenters. The summed E-state index contributed by atoms with van der Waals surface area (Å²) in [6.45, 7) is 2.12. The van der Waals surface area contributed by atoms with Crippen molar-refractivity contribution in [3.05, 3.63) is 33.3 Å². The lowest BCUT2D eigenvalue weighted by Crippen LogP contribution is -2.24. The molecule has 3 rings (SSSR count). The van der Waals surface area contributed by atoms with Gasteiger partial charge >= 0.3 is 0 Å². The van der Waals surface area contributed by atoms with Crippen molar-refractivity contribution in [3.8, 4) is 0 Å². The minimum atomic E-state index is 0.680. The predicted octanol–water partition coefficient (Wildman–Crippen LogP) is 4.38. The maximum Gasteiger partial charge on any atom is 0.0551 e. The molecule has 3 heteroatoms. The zero-order valence-electron chi connectivity index (χ0n) is 9.81. The van der Waals surface area contributed by atoms with Gasteiger partial charge in [0.2, 0.25) is 0 Å². The maximum atomic E-state index is 6.08. The normalized spacial score (nSPS) is 21.5. The van der Waals surface area contributed by atoms with Crippen LogP contribution in [0.25, 0.3) is 0 Å². The number of halogens is 2. The van der Waals surface area contributed by atoms with E-state index < -0.39 is 0 Å². The summed E-state index contributed by atoms with van der Waals surface area (Å²) in [5, 5.41) is 4.40. The van der Waals surface area contributed by atoms with Gasteiger partial charge in [0, 0.05) is 17.6 Å². The summed E-state index contributed by atoms with van der Waals surface area (Å²) in [6.07, 6.45) is 5.80. The van der Waals surface area contributed by atoms with Gasteiger partial charge in [-0.1, -0.05) is 17.7 Å². The third kappa shape index (κ3) is 2.69. The summed E-state index contributed by atoms with van der Waals surface area (Å²) in [5.74, 6) is 1.03. The number of hydrogen-bond acceptors (Lipinski definition) is 1. The molecule has 17 heavy (non-hydrogen) atoms. The molecule has 0 saturated heterocycles. The van der Waals surface area contributed by atoms with Crippen LogP contribution in [0.3, 0.4) is 0 Å². The number of hydrogen-bond donors (Lipinski definition) is 1. The summed E-state index contributed by atoms with van der Waals surface area (Å²) in [6, 6.07) is 6.18. The second-order valence-electron chi connectivity index (χ2n) is 5.49. The van der Waals surface area contributed by atoms with E-state index in [4.69, 9.17) is 11.6 Å². The fourth-order valence-corrected chi connectivity index (χ4v) is 3.14. The number of benzene rings is 1. The molecule has 0 aromatic heterocycles. The van der Waals surface area contributed by atoms with Crippen LogP contribution in [0, 0.1) is 11.3 Å². The van der Waals surface area contributed by atoms with Gasteiger partial charge < -0.3 is 5.32 Å². The van der Waals surface area contributed by atoms with Crippen LogP contribution in [-0.2, 0) is 6.54 Å². The average Bonchev–Trinajstić information content (AvgIpc) is 3.14. The standard InChI is InChI=1S/C14H17BrClN/c15-12-4-1-10(7-13(12)16)8-17-9-14(5-6-14)11-2-3-11/h1,4,7,11,17H,2-3,5-6,8-9H2. The molecule has 1 aromatic carbocycles. The van der Waals surface area contributed by atoms with E-state index in [2.05, 4.69) is 27.3 Å². The molecule has 2 saturated carbocycles. The highest BCUT2D eigenvalue weighted by atomic mass is 79.9. The first kappa shape index (κ1) is 12.0. The van der Waals surface area contributed by atoms with Crippen LogP contribution in [0.2, 0.25) is 5.02 Å². The van der Waals surface area contributed by atoms with Gasteiger partial charge in [-0.15, -0.1) is 0 Å². The van der Waals surface area contributed by atoms with Crippen LogP contribution in [0.1, 0.15) is 31.2 Å². The van der Waals surface area contributed by atoms with Crippen molar-refractivity contribution in [2.75, 3.05) is 6.54 Å². The van der Waals surface area contributed by atoms with E-state index in [0.717, 1.165) is 22.0 Å². The van der Waals surface area contributed by atoms with Gasteiger partial charge in [0.15, 0.2) is 0 Å². The molecule has 0 heterocycles. The Bertz CT molecular complexity index is 424. The molecule has 1 N–H and O–H groups in total. The summed E-state index contributed by atoms with van der Waals surface area (Å²) in [4.78, 5) is 0. The van der Waals surface area contributed by atoms with Crippen LogP contribution in [-0.4, -0.2) is 6.54 Å². The highest BCUT2D eigenvalue weighted by Crippen LogP contribution is 2.60. The van der Waals surface area contributed by atoms with Crippen molar-refractivity contribution < 1.29 is 0 Å². The van der Waals surface area contributed by atoms with Gasteiger partial charge in [0.1, 0.15) is 0 Å². The molecule has 2 fully saturated rings. The molecular formula is C14H17BrClN. The second-order valence-corrected chi connectivity index (χ2v) is 6.75. The molecule has 1 aromatic rings. The van der Waals surface area contributed by atoms with Gasteiger partial charge in [-0.3, -0.25) is 0 Å².